The van der Waals surface area contributed by atoms with Crippen molar-refractivity contribution in [2.24, 2.45) is 0 Å². The number of hydrogen-bond acceptors (Lipinski definition) is 6. The number of nitrogens with zero attached hydrogens (tertiary/aromatic N) is 1. The Bertz CT molecular complexity index is 836. The van der Waals surface area contributed by atoms with Crippen molar-refractivity contribution in [2.75, 3.05) is 13.2 Å². The molecule has 1 amide bonds. The third-order valence-electron chi connectivity index (χ3n) is 4.28. The summed E-state index contributed by atoms with van der Waals surface area (Å²) < 4.78 is 10.4. The number of benzene rings is 1. The van der Waals surface area contributed by atoms with E-state index in [4.69, 9.17) is 9.47 Å². The largest absolute Gasteiger partial charge is 0.508 e. The molecule has 0 radical (unpaired) electrons. The first-order valence-corrected chi connectivity index (χ1v) is 9.41. The van der Waals surface area contributed by atoms with Gasteiger partial charge in [0.05, 0.1) is 13.2 Å². The molecule has 29 heavy (non-hydrogen) atoms. The Kier molecular flexibility index (Phi) is 8.03. The lowest BCUT2D eigenvalue weighted by atomic mass is 10.1. The third-order valence-corrected chi connectivity index (χ3v) is 4.28. The van der Waals surface area contributed by atoms with Crippen molar-refractivity contribution in [3.05, 3.63) is 53.1 Å². The van der Waals surface area contributed by atoms with E-state index >= 15 is 0 Å². The third kappa shape index (κ3) is 7.12. The number of phenolic OH excluding ortho intramolecular Hbond substituents is 2. The first-order chi connectivity index (χ1) is 13.8. The highest BCUT2D eigenvalue weighted by Crippen LogP contribution is 2.23. The maximum absolute atomic E-state index is 12.3. The molecule has 0 spiro atoms. The molecule has 0 aliphatic carbocycles. The summed E-state index contributed by atoms with van der Waals surface area (Å²) in [6, 6.07) is 3.95. The van der Waals surface area contributed by atoms with Gasteiger partial charge < -0.3 is 19.7 Å². The number of allylic oxidation sites excluding steroid dienone is 3. The van der Waals surface area contributed by atoms with Crippen LogP contribution in [-0.2, 0) is 14.3 Å². The van der Waals surface area contributed by atoms with Gasteiger partial charge >= 0.3 is 12.1 Å². The Morgan fingerprint density at radius 3 is 2.72 bits per heavy atom. The van der Waals surface area contributed by atoms with E-state index in [1.807, 2.05) is 26.8 Å². The van der Waals surface area contributed by atoms with E-state index in [1.54, 1.807) is 0 Å². The maximum atomic E-state index is 12.3. The molecule has 1 unspecified atom stereocenters. The number of esters is 1. The van der Waals surface area contributed by atoms with Crippen molar-refractivity contribution < 1.29 is 29.3 Å². The number of carbonyl (C=O) groups excluding carboxylic acids is 2. The number of aromatic hydroxyl groups is 2. The monoisotopic (exact) mass is 401 g/mol. The lowest BCUT2D eigenvalue weighted by Gasteiger charge is -2.19. The first-order valence-electron chi connectivity index (χ1n) is 9.41. The summed E-state index contributed by atoms with van der Waals surface area (Å²) in [5.41, 5.74) is 2.65. The van der Waals surface area contributed by atoms with Crippen LogP contribution in [0, 0.1) is 0 Å². The molecule has 0 saturated carbocycles. The highest BCUT2D eigenvalue weighted by molar-refractivity contribution is 5.94. The number of hydrogen-bond donors (Lipinski definition) is 2. The predicted octanol–water partition coefficient (Wildman–Crippen LogP) is 4.13. The molecule has 7 heteroatoms. The summed E-state index contributed by atoms with van der Waals surface area (Å²) in [5.74, 6) is -1.15. The Morgan fingerprint density at radius 2 is 2.03 bits per heavy atom. The van der Waals surface area contributed by atoms with Gasteiger partial charge in [0.25, 0.3) is 0 Å². The van der Waals surface area contributed by atoms with Gasteiger partial charge in [0, 0.05) is 17.7 Å². The van der Waals surface area contributed by atoms with Crippen LogP contribution in [-0.4, -0.2) is 46.6 Å². The molecule has 0 bridgehead atoms. The summed E-state index contributed by atoms with van der Waals surface area (Å²) in [5, 5.41) is 19.0. The Balaban J connectivity index is 1.93. The standard InChI is InChI=1S/C22H27NO6/c1-15(2)5-4-6-16(3)13-20-23(11-12-28-20)22(27)29-21(26)10-8-17-7-9-18(24)14-19(17)25/h5,7-10,13-14,20,24-25H,4,6,11-12H2,1-3H3/b10-8+,16-13-. The second-order valence-corrected chi connectivity index (χ2v) is 7.05. The molecule has 1 fully saturated rings. The SMILES string of the molecule is CC(C)=CCC/C(C)=C\C1OCCN1C(=O)OC(=O)/C=C/c1ccc(O)cc1O. The average Bonchev–Trinajstić information content (AvgIpc) is 3.08. The second kappa shape index (κ2) is 10.5. The molecule has 2 N–H and O–H groups in total. The predicted molar refractivity (Wildman–Crippen MR) is 109 cm³/mol. The van der Waals surface area contributed by atoms with Crippen molar-refractivity contribution in [3.8, 4) is 11.5 Å². The van der Waals surface area contributed by atoms with Crippen LogP contribution >= 0.6 is 0 Å². The zero-order valence-corrected chi connectivity index (χ0v) is 16.9. The Morgan fingerprint density at radius 1 is 1.28 bits per heavy atom. The Labute approximate surface area is 170 Å². The molecule has 1 aromatic carbocycles. The molecule has 0 aromatic heterocycles. The van der Waals surface area contributed by atoms with Crippen molar-refractivity contribution in [1.82, 2.24) is 4.90 Å². The van der Waals surface area contributed by atoms with E-state index in [-0.39, 0.29) is 11.5 Å². The fourth-order valence-corrected chi connectivity index (χ4v) is 2.75. The lowest BCUT2D eigenvalue weighted by Crippen LogP contribution is -2.36. The van der Waals surface area contributed by atoms with Crippen LogP contribution in [0.15, 0.2) is 47.6 Å². The van der Waals surface area contributed by atoms with Gasteiger partial charge in [0.2, 0.25) is 0 Å². The van der Waals surface area contributed by atoms with E-state index in [0.29, 0.717) is 18.7 Å². The van der Waals surface area contributed by atoms with Crippen LogP contribution in [0.1, 0.15) is 39.2 Å². The first kappa shape index (κ1) is 22.2. The van der Waals surface area contributed by atoms with E-state index in [9.17, 15) is 19.8 Å². The van der Waals surface area contributed by atoms with E-state index < -0.39 is 18.3 Å². The van der Waals surface area contributed by atoms with Gasteiger partial charge in [-0.25, -0.2) is 9.59 Å². The van der Waals surface area contributed by atoms with Crippen LogP contribution in [0.3, 0.4) is 0 Å². The molecule has 156 valence electrons. The normalized spacial score (nSPS) is 16.9. The fourth-order valence-electron chi connectivity index (χ4n) is 2.75. The van der Waals surface area contributed by atoms with Gasteiger partial charge in [0.15, 0.2) is 6.23 Å². The van der Waals surface area contributed by atoms with E-state index in [2.05, 4.69) is 6.08 Å². The van der Waals surface area contributed by atoms with Crippen molar-refractivity contribution >= 4 is 18.1 Å². The molecule has 1 aliphatic heterocycles. The van der Waals surface area contributed by atoms with Crippen LogP contribution in [0.25, 0.3) is 6.08 Å². The minimum absolute atomic E-state index is 0.0957. The minimum Gasteiger partial charge on any atom is -0.508 e. The molecule has 7 nitrogen and oxygen atoms in total. The number of carbonyl (C=O) groups is 2. The van der Waals surface area contributed by atoms with Gasteiger partial charge in [-0.05, 0) is 57.9 Å². The van der Waals surface area contributed by atoms with Gasteiger partial charge in [-0.3, -0.25) is 4.90 Å². The molecule has 1 atom stereocenters. The number of rotatable bonds is 6. The zero-order valence-electron chi connectivity index (χ0n) is 16.9. The van der Waals surface area contributed by atoms with Gasteiger partial charge in [-0.1, -0.05) is 17.2 Å². The topological polar surface area (TPSA) is 96.3 Å². The number of amides is 1. The van der Waals surface area contributed by atoms with Gasteiger partial charge in [0.1, 0.15) is 11.5 Å². The van der Waals surface area contributed by atoms with E-state index in [0.717, 1.165) is 30.6 Å². The van der Waals surface area contributed by atoms with Crippen LogP contribution in [0.2, 0.25) is 0 Å². The van der Waals surface area contributed by atoms with Crippen molar-refractivity contribution in [1.29, 1.82) is 0 Å². The van der Waals surface area contributed by atoms with Crippen molar-refractivity contribution in [2.45, 2.75) is 39.8 Å². The van der Waals surface area contributed by atoms with Gasteiger partial charge in [-0.2, -0.15) is 0 Å². The molecule has 1 aromatic rings. The molecule has 1 aliphatic rings. The summed E-state index contributed by atoms with van der Waals surface area (Å²) in [7, 11) is 0. The van der Waals surface area contributed by atoms with Crippen LogP contribution < -0.4 is 0 Å². The van der Waals surface area contributed by atoms with Crippen molar-refractivity contribution in [3.63, 3.8) is 0 Å². The molecule has 1 heterocycles. The second-order valence-electron chi connectivity index (χ2n) is 7.05. The van der Waals surface area contributed by atoms with E-state index in [1.165, 1.54) is 28.7 Å². The molecule has 1 saturated heterocycles. The number of phenols is 2. The molecular weight excluding hydrogens is 374 g/mol. The lowest BCUT2D eigenvalue weighted by molar-refractivity contribution is -0.133. The summed E-state index contributed by atoms with van der Waals surface area (Å²) >= 11 is 0. The zero-order chi connectivity index (χ0) is 21.4. The van der Waals surface area contributed by atoms with Crippen LogP contribution in [0.5, 0.6) is 11.5 Å². The fraction of sp³-hybridized carbons (Fsp3) is 0.364. The quantitative estimate of drug-likeness (QED) is 0.322. The summed E-state index contributed by atoms with van der Waals surface area (Å²) in [6.45, 7) is 6.76. The smallest absolute Gasteiger partial charge is 0.420 e. The number of ether oxygens (including phenoxy) is 2. The highest BCUT2D eigenvalue weighted by atomic mass is 16.6. The average molecular weight is 401 g/mol. The van der Waals surface area contributed by atoms with Crippen LogP contribution in [0.4, 0.5) is 4.79 Å². The summed E-state index contributed by atoms with van der Waals surface area (Å²) in [4.78, 5) is 25.6. The highest BCUT2D eigenvalue weighted by Gasteiger charge is 2.30. The molecular formula is C22H27NO6. The maximum Gasteiger partial charge on any atom is 0.420 e. The van der Waals surface area contributed by atoms with Gasteiger partial charge in [-0.15, -0.1) is 0 Å². The summed E-state index contributed by atoms with van der Waals surface area (Å²) in [6.07, 6.45) is 6.77. The minimum atomic E-state index is -0.864. The Hall–Kier alpha value is -3.06. The molecule has 2 rings (SSSR count).